The van der Waals surface area contributed by atoms with Crippen LogP contribution in [-0.2, 0) is 0 Å². The number of benzene rings is 1. The minimum Gasteiger partial charge on any atom is -0.316 e. The van der Waals surface area contributed by atoms with Gasteiger partial charge in [0.05, 0.1) is 5.52 Å². The summed E-state index contributed by atoms with van der Waals surface area (Å²) in [5.41, 5.74) is 2.58. The number of hydrogen-bond acceptors (Lipinski definition) is 2. The van der Waals surface area contributed by atoms with Gasteiger partial charge in [-0.05, 0) is 30.5 Å². The highest BCUT2D eigenvalue weighted by Gasteiger charge is 2.18. The van der Waals surface area contributed by atoms with E-state index in [0.29, 0.717) is 5.92 Å². The van der Waals surface area contributed by atoms with E-state index in [4.69, 9.17) is 0 Å². The van der Waals surface area contributed by atoms with Gasteiger partial charge in [-0.3, -0.25) is 4.98 Å². The maximum Gasteiger partial charge on any atom is 0.0737 e. The van der Waals surface area contributed by atoms with E-state index in [1.54, 1.807) is 0 Å². The third-order valence-corrected chi connectivity index (χ3v) is 3.16. The highest BCUT2D eigenvalue weighted by atomic mass is 35.5. The molecule has 0 amide bonds. The van der Waals surface area contributed by atoms with Gasteiger partial charge in [0.15, 0.2) is 0 Å². The van der Waals surface area contributed by atoms with E-state index >= 15 is 0 Å². The Kier molecular flexibility index (Phi) is 3.42. The number of nitrogens with zero attached hydrogens (tertiary/aromatic N) is 1. The molecule has 2 aromatic rings. The Morgan fingerprint density at radius 3 is 2.88 bits per heavy atom. The van der Waals surface area contributed by atoms with Crippen molar-refractivity contribution in [2.24, 2.45) is 0 Å². The number of fused-ring (bicyclic) bond motifs is 1. The molecule has 1 N–H and O–H groups in total. The van der Waals surface area contributed by atoms with E-state index in [9.17, 15) is 0 Å². The molecule has 1 unspecified atom stereocenters. The predicted molar refractivity (Wildman–Crippen MR) is 69.2 cm³/mol. The molecule has 3 rings (SSSR count). The first-order valence-corrected chi connectivity index (χ1v) is 5.49. The summed E-state index contributed by atoms with van der Waals surface area (Å²) in [5.74, 6) is 0.642. The van der Waals surface area contributed by atoms with Crippen molar-refractivity contribution < 1.29 is 0 Å². The Hall–Kier alpha value is -1.12. The van der Waals surface area contributed by atoms with Crippen LogP contribution in [0.3, 0.4) is 0 Å². The Morgan fingerprint density at radius 2 is 2.06 bits per heavy atom. The van der Waals surface area contributed by atoms with Crippen LogP contribution >= 0.6 is 12.4 Å². The minimum absolute atomic E-state index is 0. The number of nitrogens with one attached hydrogen (secondary N) is 1. The van der Waals surface area contributed by atoms with E-state index in [0.717, 1.165) is 13.1 Å². The number of para-hydroxylation sites is 1. The zero-order valence-corrected chi connectivity index (χ0v) is 9.83. The van der Waals surface area contributed by atoms with E-state index in [1.165, 1.54) is 22.9 Å². The molecule has 1 aliphatic rings. The summed E-state index contributed by atoms with van der Waals surface area (Å²) < 4.78 is 0. The van der Waals surface area contributed by atoms with Gasteiger partial charge < -0.3 is 5.32 Å². The minimum atomic E-state index is 0. The fraction of sp³-hybridized carbons (Fsp3) is 0.308. The van der Waals surface area contributed by atoms with Crippen LogP contribution < -0.4 is 5.32 Å². The average Bonchev–Trinajstić information content (AvgIpc) is 2.82. The Balaban J connectivity index is 0.000000963. The van der Waals surface area contributed by atoms with Crippen LogP contribution in [0.1, 0.15) is 17.9 Å². The van der Waals surface area contributed by atoms with Crippen molar-refractivity contribution in [1.82, 2.24) is 10.3 Å². The second-order valence-corrected chi connectivity index (χ2v) is 4.11. The van der Waals surface area contributed by atoms with Crippen molar-refractivity contribution in [2.45, 2.75) is 12.3 Å². The van der Waals surface area contributed by atoms with Gasteiger partial charge in [-0.25, -0.2) is 0 Å². The smallest absolute Gasteiger partial charge is 0.0737 e. The van der Waals surface area contributed by atoms with Crippen LogP contribution in [0.25, 0.3) is 10.9 Å². The zero-order chi connectivity index (χ0) is 10.1. The van der Waals surface area contributed by atoms with E-state index in [2.05, 4.69) is 34.6 Å². The summed E-state index contributed by atoms with van der Waals surface area (Å²) in [4.78, 5) is 4.50. The van der Waals surface area contributed by atoms with Crippen molar-refractivity contribution >= 4 is 23.3 Å². The van der Waals surface area contributed by atoms with Gasteiger partial charge in [0.2, 0.25) is 0 Å². The molecule has 0 aliphatic carbocycles. The normalized spacial score (nSPS) is 19.6. The van der Waals surface area contributed by atoms with Crippen LogP contribution in [0.15, 0.2) is 36.5 Å². The molecule has 1 aromatic carbocycles. The molecule has 0 bridgehead atoms. The first kappa shape index (κ1) is 11.4. The average molecular weight is 235 g/mol. The zero-order valence-electron chi connectivity index (χ0n) is 9.02. The number of halogens is 1. The summed E-state index contributed by atoms with van der Waals surface area (Å²) in [5, 5.41) is 4.66. The Morgan fingerprint density at radius 1 is 1.19 bits per heavy atom. The molecular weight excluding hydrogens is 220 g/mol. The molecule has 84 valence electrons. The van der Waals surface area contributed by atoms with Crippen molar-refractivity contribution in [1.29, 1.82) is 0 Å². The lowest BCUT2D eigenvalue weighted by atomic mass is 9.96. The Bertz CT molecular complexity index is 473. The maximum atomic E-state index is 4.50. The van der Waals surface area contributed by atoms with Crippen LogP contribution in [0.5, 0.6) is 0 Å². The van der Waals surface area contributed by atoms with Gasteiger partial charge in [-0.2, -0.15) is 0 Å². The fourth-order valence-corrected chi connectivity index (χ4v) is 2.38. The summed E-state index contributed by atoms with van der Waals surface area (Å²) in [7, 11) is 0. The van der Waals surface area contributed by atoms with E-state index in [-0.39, 0.29) is 12.4 Å². The molecule has 1 fully saturated rings. The molecule has 2 nitrogen and oxygen atoms in total. The third-order valence-electron chi connectivity index (χ3n) is 3.16. The molecule has 1 atom stereocenters. The first-order chi connectivity index (χ1) is 7.45. The predicted octanol–water partition coefficient (Wildman–Crippen LogP) is 2.73. The van der Waals surface area contributed by atoms with Gasteiger partial charge in [0.25, 0.3) is 0 Å². The second kappa shape index (κ2) is 4.81. The summed E-state index contributed by atoms with van der Waals surface area (Å²) in [6.07, 6.45) is 3.11. The SMILES string of the molecule is Cl.c1cnc2c(C3CCNC3)cccc2c1. The summed E-state index contributed by atoms with van der Waals surface area (Å²) >= 11 is 0. The molecule has 2 heterocycles. The van der Waals surface area contributed by atoms with E-state index < -0.39 is 0 Å². The monoisotopic (exact) mass is 234 g/mol. The number of rotatable bonds is 1. The largest absolute Gasteiger partial charge is 0.316 e. The van der Waals surface area contributed by atoms with Crippen LogP contribution in [0.4, 0.5) is 0 Å². The van der Waals surface area contributed by atoms with Crippen LogP contribution in [0, 0.1) is 0 Å². The summed E-state index contributed by atoms with van der Waals surface area (Å²) in [6.45, 7) is 2.23. The van der Waals surface area contributed by atoms with Crippen molar-refractivity contribution in [3.63, 3.8) is 0 Å². The number of hydrogen-bond donors (Lipinski definition) is 1. The van der Waals surface area contributed by atoms with Gasteiger partial charge in [0.1, 0.15) is 0 Å². The third kappa shape index (κ3) is 1.91. The van der Waals surface area contributed by atoms with Crippen molar-refractivity contribution in [2.75, 3.05) is 13.1 Å². The second-order valence-electron chi connectivity index (χ2n) is 4.11. The van der Waals surface area contributed by atoms with Crippen molar-refractivity contribution in [3.8, 4) is 0 Å². The van der Waals surface area contributed by atoms with Gasteiger partial charge >= 0.3 is 0 Å². The van der Waals surface area contributed by atoms with Gasteiger partial charge in [0, 0.05) is 18.1 Å². The van der Waals surface area contributed by atoms with Gasteiger partial charge in [-0.1, -0.05) is 24.3 Å². The molecule has 3 heteroatoms. The topological polar surface area (TPSA) is 24.9 Å². The molecule has 1 saturated heterocycles. The standard InChI is InChI=1S/C13H14N2.ClH/c1-3-10-4-2-7-15-13(10)12(5-1)11-6-8-14-9-11;/h1-5,7,11,14H,6,8-9H2;1H. The molecule has 0 saturated carbocycles. The van der Waals surface area contributed by atoms with Crippen LogP contribution in [0.2, 0.25) is 0 Å². The number of aromatic nitrogens is 1. The molecular formula is C13H15ClN2. The molecule has 1 aliphatic heterocycles. The summed E-state index contributed by atoms with van der Waals surface area (Å²) in [6, 6.07) is 10.6. The molecule has 1 aromatic heterocycles. The van der Waals surface area contributed by atoms with Crippen LogP contribution in [-0.4, -0.2) is 18.1 Å². The maximum absolute atomic E-state index is 4.50. The highest BCUT2D eigenvalue weighted by Crippen LogP contribution is 2.27. The lowest BCUT2D eigenvalue weighted by molar-refractivity contribution is 0.768. The lowest BCUT2D eigenvalue weighted by Crippen LogP contribution is -2.08. The molecule has 0 radical (unpaired) electrons. The highest BCUT2D eigenvalue weighted by molar-refractivity contribution is 5.85. The van der Waals surface area contributed by atoms with E-state index in [1.807, 2.05) is 12.3 Å². The quantitative estimate of drug-likeness (QED) is 0.821. The van der Waals surface area contributed by atoms with Crippen molar-refractivity contribution in [3.05, 3.63) is 42.1 Å². The first-order valence-electron chi connectivity index (χ1n) is 5.49. The number of pyridine rings is 1. The molecule has 16 heavy (non-hydrogen) atoms. The Labute approximate surface area is 101 Å². The molecule has 0 spiro atoms. The lowest BCUT2D eigenvalue weighted by Gasteiger charge is -2.11. The van der Waals surface area contributed by atoms with Gasteiger partial charge in [-0.15, -0.1) is 12.4 Å². The fourth-order valence-electron chi connectivity index (χ4n) is 2.38.